The summed E-state index contributed by atoms with van der Waals surface area (Å²) in [5.41, 5.74) is 17.6. The highest BCUT2D eigenvalue weighted by Crippen LogP contribution is 2.63. The van der Waals surface area contributed by atoms with Gasteiger partial charge in [-0.1, -0.05) is 121 Å². The van der Waals surface area contributed by atoms with Gasteiger partial charge in [0, 0.05) is 12.6 Å². The van der Waals surface area contributed by atoms with Crippen LogP contribution in [0.3, 0.4) is 0 Å². The molecule has 2 heteroatoms. The number of para-hydroxylation sites is 2. The number of imidazole rings is 1. The Bertz CT molecular complexity index is 2170. The number of hydrogen-bond acceptors (Lipinski definition) is 1. The van der Waals surface area contributed by atoms with E-state index in [1.165, 1.54) is 61.2 Å². The SMILES string of the molecule is Cc1ccc2c(c1)C1(c3ccccc3-c3ccccc31)c1cc(-c3ccc(-c4nc5ccccc5n4C)cc3)ccc1-2. The zero-order valence-corrected chi connectivity index (χ0v) is 23.6. The highest BCUT2D eigenvalue weighted by molar-refractivity contribution is 5.96. The zero-order valence-electron chi connectivity index (χ0n) is 23.6. The normalized spacial score (nSPS) is 13.7. The van der Waals surface area contributed by atoms with Gasteiger partial charge in [-0.2, -0.15) is 0 Å². The van der Waals surface area contributed by atoms with E-state index in [4.69, 9.17) is 4.98 Å². The molecule has 0 amide bonds. The largest absolute Gasteiger partial charge is 0.327 e. The predicted octanol–water partition coefficient (Wildman–Crippen LogP) is 9.56. The molecule has 0 atom stereocenters. The van der Waals surface area contributed by atoms with E-state index in [0.29, 0.717) is 0 Å². The van der Waals surface area contributed by atoms with E-state index in [-0.39, 0.29) is 5.41 Å². The second-order valence-corrected chi connectivity index (χ2v) is 11.7. The van der Waals surface area contributed by atoms with Crippen LogP contribution in [0.2, 0.25) is 0 Å². The lowest BCUT2D eigenvalue weighted by Gasteiger charge is -2.31. The van der Waals surface area contributed by atoms with Crippen LogP contribution < -0.4 is 0 Å². The van der Waals surface area contributed by atoms with Gasteiger partial charge in [-0.15, -0.1) is 0 Å². The molecule has 0 N–H and O–H groups in total. The molecule has 0 saturated heterocycles. The van der Waals surface area contributed by atoms with Gasteiger partial charge in [0.05, 0.1) is 16.4 Å². The first-order valence-electron chi connectivity index (χ1n) is 14.6. The quantitative estimate of drug-likeness (QED) is 0.215. The summed E-state index contributed by atoms with van der Waals surface area (Å²) < 4.78 is 2.18. The van der Waals surface area contributed by atoms with Crippen molar-refractivity contribution in [3.63, 3.8) is 0 Å². The molecule has 0 saturated carbocycles. The van der Waals surface area contributed by atoms with Crippen molar-refractivity contribution in [3.8, 4) is 44.8 Å². The number of benzene rings is 6. The van der Waals surface area contributed by atoms with Crippen molar-refractivity contribution in [2.75, 3.05) is 0 Å². The van der Waals surface area contributed by atoms with Crippen molar-refractivity contribution in [2.45, 2.75) is 12.3 Å². The highest BCUT2D eigenvalue weighted by atomic mass is 15.1. The van der Waals surface area contributed by atoms with Crippen LogP contribution in [-0.4, -0.2) is 9.55 Å². The predicted molar refractivity (Wildman–Crippen MR) is 173 cm³/mol. The molecule has 2 nitrogen and oxygen atoms in total. The van der Waals surface area contributed by atoms with Gasteiger partial charge in [-0.25, -0.2) is 4.98 Å². The summed E-state index contributed by atoms with van der Waals surface area (Å²) in [7, 11) is 2.09. The first kappa shape index (κ1) is 23.5. The summed E-state index contributed by atoms with van der Waals surface area (Å²) in [6.45, 7) is 2.21. The van der Waals surface area contributed by atoms with E-state index in [9.17, 15) is 0 Å². The number of aromatic nitrogens is 2. The van der Waals surface area contributed by atoms with Gasteiger partial charge in [0.1, 0.15) is 5.82 Å². The Labute approximate surface area is 245 Å². The van der Waals surface area contributed by atoms with Crippen molar-refractivity contribution < 1.29 is 0 Å². The van der Waals surface area contributed by atoms with Crippen molar-refractivity contribution >= 4 is 11.0 Å². The van der Waals surface area contributed by atoms with Crippen LogP contribution in [0, 0.1) is 6.92 Å². The maximum absolute atomic E-state index is 4.92. The number of hydrogen-bond donors (Lipinski definition) is 0. The summed E-state index contributed by atoms with van der Waals surface area (Å²) in [6, 6.07) is 49.3. The highest BCUT2D eigenvalue weighted by Gasteiger charge is 2.51. The van der Waals surface area contributed by atoms with E-state index in [1.54, 1.807) is 0 Å². The molecule has 9 rings (SSSR count). The van der Waals surface area contributed by atoms with Gasteiger partial charge < -0.3 is 4.57 Å². The molecule has 0 aliphatic heterocycles. The Morgan fingerprint density at radius 2 is 1.05 bits per heavy atom. The van der Waals surface area contributed by atoms with Gasteiger partial charge in [0.15, 0.2) is 0 Å². The summed E-state index contributed by atoms with van der Waals surface area (Å²) in [5, 5.41) is 0. The second kappa shape index (κ2) is 8.41. The maximum atomic E-state index is 4.92. The monoisotopic (exact) mass is 536 g/mol. The van der Waals surface area contributed by atoms with Crippen LogP contribution in [-0.2, 0) is 12.5 Å². The first-order chi connectivity index (χ1) is 20.6. The van der Waals surface area contributed by atoms with Crippen molar-refractivity contribution in [1.82, 2.24) is 9.55 Å². The van der Waals surface area contributed by atoms with E-state index in [0.717, 1.165) is 22.4 Å². The molecule has 1 aromatic heterocycles. The molecular formula is C40H28N2. The molecule has 7 aromatic rings. The Morgan fingerprint density at radius 1 is 0.500 bits per heavy atom. The molecule has 6 aromatic carbocycles. The number of nitrogens with zero attached hydrogens (tertiary/aromatic N) is 2. The molecule has 2 aliphatic rings. The standard InChI is InChI=1S/C40H28N2/c1-25-15-21-31-32-22-20-28(26-16-18-27(19-17-26)39-41-37-13-7-8-14-38(37)42(39)2)24-36(32)40(35(31)23-25)33-11-5-3-9-29(33)30-10-4-6-12-34(30)40/h3-24H,1-2H3. The number of aryl methyl sites for hydroxylation is 2. The minimum absolute atomic E-state index is 0.326. The van der Waals surface area contributed by atoms with Gasteiger partial charge in [0.2, 0.25) is 0 Å². The summed E-state index contributed by atoms with van der Waals surface area (Å²) >= 11 is 0. The number of fused-ring (bicyclic) bond motifs is 11. The van der Waals surface area contributed by atoms with Gasteiger partial charge in [-0.3, -0.25) is 0 Å². The molecule has 0 fully saturated rings. The maximum Gasteiger partial charge on any atom is 0.140 e. The second-order valence-electron chi connectivity index (χ2n) is 11.7. The number of rotatable bonds is 2. The Balaban J connectivity index is 1.24. The third-order valence-corrected chi connectivity index (χ3v) is 9.51. The van der Waals surface area contributed by atoms with Gasteiger partial charge in [-0.05, 0) is 80.8 Å². The van der Waals surface area contributed by atoms with E-state index in [1.807, 2.05) is 6.07 Å². The van der Waals surface area contributed by atoms with Crippen LogP contribution in [0.15, 0.2) is 133 Å². The summed E-state index contributed by atoms with van der Waals surface area (Å²) in [5.74, 6) is 0.987. The molecule has 1 spiro atoms. The van der Waals surface area contributed by atoms with Crippen LogP contribution in [0.25, 0.3) is 55.8 Å². The molecule has 0 bridgehead atoms. The van der Waals surface area contributed by atoms with Crippen molar-refractivity contribution in [1.29, 1.82) is 0 Å². The molecule has 0 unspecified atom stereocenters. The van der Waals surface area contributed by atoms with E-state index in [2.05, 4.69) is 146 Å². The fraction of sp³-hybridized carbons (Fsp3) is 0.0750. The molecule has 198 valence electrons. The Hall–Kier alpha value is -5.21. The third kappa shape index (κ3) is 2.96. The minimum atomic E-state index is -0.326. The average Bonchev–Trinajstić information content (AvgIpc) is 3.64. The minimum Gasteiger partial charge on any atom is -0.327 e. The zero-order chi connectivity index (χ0) is 28.0. The van der Waals surface area contributed by atoms with Crippen LogP contribution >= 0.6 is 0 Å². The van der Waals surface area contributed by atoms with E-state index < -0.39 is 0 Å². The fourth-order valence-electron chi connectivity index (χ4n) is 7.65. The van der Waals surface area contributed by atoms with Crippen molar-refractivity contribution in [3.05, 3.63) is 161 Å². The molecule has 2 aliphatic carbocycles. The topological polar surface area (TPSA) is 17.8 Å². The smallest absolute Gasteiger partial charge is 0.140 e. The van der Waals surface area contributed by atoms with Gasteiger partial charge in [0.25, 0.3) is 0 Å². The van der Waals surface area contributed by atoms with Crippen LogP contribution in [0.5, 0.6) is 0 Å². The van der Waals surface area contributed by atoms with Crippen molar-refractivity contribution in [2.24, 2.45) is 7.05 Å². The van der Waals surface area contributed by atoms with E-state index >= 15 is 0 Å². The lowest BCUT2D eigenvalue weighted by molar-refractivity contribution is 0.793. The third-order valence-electron chi connectivity index (χ3n) is 9.51. The Kier molecular flexibility index (Phi) is 4.70. The lowest BCUT2D eigenvalue weighted by atomic mass is 9.70. The molecule has 1 heterocycles. The van der Waals surface area contributed by atoms with Gasteiger partial charge >= 0.3 is 0 Å². The van der Waals surface area contributed by atoms with Crippen LogP contribution in [0.1, 0.15) is 27.8 Å². The van der Waals surface area contributed by atoms with Crippen LogP contribution in [0.4, 0.5) is 0 Å². The molecule has 42 heavy (non-hydrogen) atoms. The lowest BCUT2D eigenvalue weighted by Crippen LogP contribution is -2.26. The molecular weight excluding hydrogens is 508 g/mol. The fourth-order valence-corrected chi connectivity index (χ4v) is 7.65. The average molecular weight is 537 g/mol. The molecule has 0 radical (unpaired) electrons. The summed E-state index contributed by atoms with van der Waals surface area (Å²) in [4.78, 5) is 4.92. The summed E-state index contributed by atoms with van der Waals surface area (Å²) in [6.07, 6.45) is 0. The first-order valence-corrected chi connectivity index (χ1v) is 14.6. The Morgan fingerprint density at radius 3 is 1.76 bits per heavy atom.